The molecule has 3 rings (SSSR count). The van der Waals surface area contributed by atoms with E-state index in [4.69, 9.17) is 10.5 Å². The second-order valence-electron chi connectivity index (χ2n) is 7.20. The van der Waals surface area contributed by atoms with E-state index in [-0.39, 0.29) is 24.4 Å². The van der Waals surface area contributed by atoms with Gasteiger partial charge in [0.05, 0.1) is 5.56 Å². The number of para-hydroxylation sites is 1. The molecule has 27 heavy (non-hydrogen) atoms. The molecule has 0 aliphatic carbocycles. The minimum Gasteiger partial charge on any atom is -0.488 e. The quantitative estimate of drug-likeness (QED) is 0.835. The van der Waals surface area contributed by atoms with Crippen LogP contribution in [0, 0.1) is 12.8 Å². The molecule has 1 fully saturated rings. The normalized spacial score (nSPS) is 15.7. The molecule has 146 valence electrons. The third kappa shape index (κ3) is 5.24. The molecule has 0 saturated carbocycles. The maximum atomic E-state index is 13.0. The van der Waals surface area contributed by atoms with Gasteiger partial charge in [-0.2, -0.15) is 0 Å². The number of nitrogens with two attached hydrogens (primary N) is 1. The molecule has 0 spiro atoms. The molecule has 0 radical (unpaired) electrons. The summed E-state index contributed by atoms with van der Waals surface area (Å²) in [6.45, 7) is 6.10. The maximum Gasteiger partial charge on any atom is 0.257 e. The summed E-state index contributed by atoms with van der Waals surface area (Å²) >= 11 is 0. The van der Waals surface area contributed by atoms with Crippen LogP contribution in [0.3, 0.4) is 0 Å². The molecule has 2 aromatic carbocycles. The molecular weight excluding hydrogens is 360 g/mol. The lowest BCUT2D eigenvalue weighted by Gasteiger charge is -2.34. The molecule has 0 aromatic heterocycles. The van der Waals surface area contributed by atoms with Crippen LogP contribution in [0.1, 0.15) is 41.3 Å². The highest BCUT2D eigenvalue weighted by molar-refractivity contribution is 5.97. The Morgan fingerprint density at radius 2 is 1.78 bits per heavy atom. The topological polar surface area (TPSA) is 55.6 Å². The molecular formula is C22H29ClN2O2. The van der Waals surface area contributed by atoms with Crippen molar-refractivity contribution in [2.75, 3.05) is 13.1 Å². The lowest BCUT2D eigenvalue weighted by Crippen LogP contribution is -2.42. The van der Waals surface area contributed by atoms with Crippen molar-refractivity contribution in [1.82, 2.24) is 4.90 Å². The third-order valence-electron chi connectivity index (χ3n) is 5.33. The lowest BCUT2D eigenvalue weighted by atomic mass is 9.90. The number of hydrogen-bond acceptors (Lipinski definition) is 3. The summed E-state index contributed by atoms with van der Waals surface area (Å²) < 4.78 is 6.01. The largest absolute Gasteiger partial charge is 0.488 e. The summed E-state index contributed by atoms with van der Waals surface area (Å²) in [5, 5.41) is 0. The van der Waals surface area contributed by atoms with Crippen molar-refractivity contribution in [2.24, 2.45) is 11.7 Å². The van der Waals surface area contributed by atoms with E-state index in [2.05, 4.69) is 26.0 Å². The molecule has 0 bridgehead atoms. The number of hydrogen-bond donors (Lipinski definition) is 1. The summed E-state index contributed by atoms with van der Waals surface area (Å²) in [6.07, 6.45) is 1.94. The zero-order valence-corrected chi connectivity index (χ0v) is 16.9. The monoisotopic (exact) mass is 388 g/mol. The number of benzene rings is 2. The Kier molecular flexibility index (Phi) is 7.69. The third-order valence-corrected chi connectivity index (χ3v) is 5.33. The number of amides is 1. The van der Waals surface area contributed by atoms with E-state index in [0.717, 1.165) is 31.5 Å². The van der Waals surface area contributed by atoms with Gasteiger partial charge >= 0.3 is 0 Å². The van der Waals surface area contributed by atoms with Gasteiger partial charge in [-0.25, -0.2) is 0 Å². The highest BCUT2D eigenvalue weighted by Crippen LogP contribution is 2.25. The van der Waals surface area contributed by atoms with Gasteiger partial charge in [-0.15, -0.1) is 12.4 Å². The van der Waals surface area contributed by atoms with Gasteiger partial charge in [0.2, 0.25) is 0 Å². The van der Waals surface area contributed by atoms with Gasteiger partial charge in [-0.1, -0.05) is 36.4 Å². The SMILES string of the molecule is Cc1ccccc1COc1ccccc1C(=O)N1CCC(C(C)N)CC1.Cl. The fourth-order valence-electron chi connectivity index (χ4n) is 3.50. The molecule has 5 heteroatoms. The molecule has 4 nitrogen and oxygen atoms in total. The molecule has 1 aliphatic rings. The maximum absolute atomic E-state index is 13.0. The van der Waals surface area contributed by atoms with Gasteiger partial charge in [0.25, 0.3) is 5.91 Å². The smallest absolute Gasteiger partial charge is 0.257 e. The summed E-state index contributed by atoms with van der Waals surface area (Å²) in [5.74, 6) is 1.20. The van der Waals surface area contributed by atoms with Crippen LogP contribution in [0.4, 0.5) is 0 Å². The van der Waals surface area contributed by atoms with Crippen LogP contribution in [-0.2, 0) is 6.61 Å². The summed E-state index contributed by atoms with van der Waals surface area (Å²) in [4.78, 5) is 14.9. The fourth-order valence-corrected chi connectivity index (χ4v) is 3.50. The number of likely N-dealkylation sites (tertiary alicyclic amines) is 1. The van der Waals surface area contributed by atoms with Gasteiger partial charge in [0.1, 0.15) is 12.4 Å². The van der Waals surface area contributed by atoms with E-state index in [1.54, 1.807) is 0 Å². The Morgan fingerprint density at radius 3 is 2.44 bits per heavy atom. The Morgan fingerprint density at radius 1 is 1.15 bits per heavy atom. The van der Waals surface area contributed by atoms with E-state index < -0.39 is 0 Å². The highest BCUT2D eigenvalue weighted by atomic mass is 35.5. The van der Waals surface area contributed by atoms with Crippen molar-refractivity contribution in [3.63, 3.8) is 0 Å². The average Bonchev–Trinajstić information content (AvgIpc) is 2.67. The Balaban J connectivity index is 0.00000261. The fraction of sp³-hybridized carbons (Fsp3) is 0.409. The van der Waals surface area contributed by atoms with Crippen molar-refractivity contribution < 1.29 is 9.53 Å². The van der Waals surface area contributed by atoms with Gasteiger partial charge in [0, 0.05) is 19.1 Å². The first-order chi connectivity index (χ1) is 12.6. The first kappa shape index (κ1) is 21.3. The minimum absolute atomic E-state index is 0. The van der Waals surface area contributed by atoms with E-state index in [1.807, 2.05) is 41.3 Å². The lowest BCUT2D eigenvalue weighted by molar-refractivity contribution is 0.0676. The van der Waals surface area contributed by atoms with Crippen LogP contribution in [-0.4, -0.2) is 29.9 Å². The predicted molar refractivity (Wildman–Crippen MR) is 111 cm³/mol. The molecule has 1 unspecified atom stereocenters. The standard InChI is InChI=1S/C22H28N2O2.ClH/c1-16-7-3-4-8-19(16)15-26-21-10-6-5-9-20(21)22(25)24-13-11-18(12-14-24)17(2)23;/h3-10,17-18H,11-15,23H2,1-2H3;1H. The van der Waals surface area contributed by atoms with Crippen LogP contribution in [0.15, 0.2) is 48.5 Å². The number of carbonyl (C=O) groups is 1. The van der Waals surface area contributed by atoms with Crippen molar-refractivity contribution >= 4 is 18.3 Å². The number of ether oxygens (including phenoxy) is 1. The average molecular weight is 389 g/mol. The summed E-state index contributed by atoms with van der Waals surface area (Å²) in [6, 6.07) is 15.9. The highest BCUT2D eigenvalue weighted by Gasteiger charge is 2.26. The summed E-state index contributed by atoms with van der Waals surface area (Å²) in [5.41, 5.74) is 8.97. The molecule has 1 aliphatic heterocycles. The molecule has 2 aromatic rings. The van der Waals surface area contributed by atoms with Gasteiger partial charge in [0.15, 0.2) is 0 Å². The van der Waals surface area contributed by atoms with Crippen molar-refractivity contribution in [3.8, 4) is 5.75 Å². The number of nitrogens with zero attached hydrogens (tertiary/aromatic N) is 1. The van der Waals surface area contributed by atoms with Crippen LogP contribution < -0.4 is 10.5 Å². The van der Waals surface area contributed by atoms with E-state index in [0.29, 0.717) is 23.8 Å². The van der Waals surface area contributed by atoms with Gasteiger partial charge in [-0.05, 0) is 55.9 Å². The number of carbonyl (C=O) groups excluding carboxylic acids is 1. The minimum atomic E-state index is 0. The first-order valence-corrected chi connectivity index (χ1v) is 9.37. The number of rotatable bonds is 5. The number of piperidine rings is 1. The second kappa shape index (κ2) is 9.77. The van der Waals surface area contributed by atoms with E-state index >= 15 is 0 Å². The van der Waals surface area contributed by atoms with Crippen LogP contribution in [0.2, 0.25) is 0 Å². The number of aryl methyl sites for hydroxylation is 1. The van der Waals surface area contributed by atoms with Crippen molar-refractivity contribution in [2.45, 2.75) is 39.3 Å². The molecule has 1 heterocycles. The summed E-state index contributed by atoms with van der Waals surface area (Å²) in [7, 11) is 0. The van der Waals surface area contributed by atoms with Crippen molar-refractivity contribution in [3.05, 3.63) is 65.2 Å². The molecule has 1 amide bonds. The second-order valence-corrected chi connectivity index (χ2v) is 7.20. The van der Waals surface area contributed by atoms with Gasteiger partial charge < -0.3 is 15.4 Å². The zero-order chi connectivity index (χ0) is 18.5. The number of halogens is 1. The molecule has 1 atom stereocenters. The predicted octanol–water partition coefficient (Wildman–Crippen LogP) is 4.20. The van der Waals surface area contributed by atoms with E-state index in [1.165, 1.54) is 5.56 Å². The van der Waals surface area contributed by atoms with Gasteiger partial charge in [-0.3, -0.25) is 4.79 Å². The van der Waals surface area contributed by atoms with Crippen molar-refractivity contribution in [1.29, 1.82) is 0 Å². The zero-order valence-electron chi connectivity index (χ0n) is 16.1. The van der Waals surface area contributed by atoms with Crippen LogP contribution in [0.5, 0.6) is 5.75 Å². The van der Waals surface area contributed by atoms with Crippen LogP contribution in [0.25, 0.3) is 0 Å². The Labute approximate surface area is 168 Å². The van der Waals surface area contributed by atoms with Crippen LogP contribution >= 0.6 is 12.4 Å². The first-order valence-electron chi connectivity index (χ1n) is 9.37. The molecule has 2 N–H and O–H groups in total. The van der Waals surface area contributed by atoms with E-state index in [9.17, 15) is 4.79 Å². The Hall–Kier alpha value is -2.04. The Bertz CT molecular complexity index is 755. The molecule has 1 saturated heterocycles.